The first-order chi connectivity index (χ1) is 10.2. The van der Waals surface area contributed by atoms with E-state index in [0.29, 0.717) is 6.61 Å². The molecule has 0 spiro atoms. The molecule has 5 nitrogen and oxygen atoms in total. The van der Waals surface area contributed by atoms with E-state index in [1.807, 2.05) is 37.3 Å². The molecule has 1 aromatic rings. The van der Waals surface area contributed by atoms with Gasteiger partial charge >= 0.3 is 0 Å². The second-order valence-electron chi connectivity index (χ2n) is 4.92. The third kappa shape index (κ3) is 4.18. The van der Waals surface area contributed by atoms with Crippen LogP contribution in [0.2, 0.25) is 0 Å². The van der Waals surface area contributed by atoms with Crippen molar-refractivity contribution in [1.29, 1.82) is 0 Å². The van der Waals surface area contributed by atoms with Crippen molar-refractivity contribution in [2.24, 2.45) is 0 Å². The highest BCUT2D eigenvalue weighted by atomic mass is 32.2. The SMILES string of the molecule is CCS[C@@H]1O[C@H](CO)[C@H](O)[C@H](O)[C@H]1OCc1ccccc1. The average Bonchev–Trinajstić information content (AvgIpc) is 2.51. The Morgan fingerprint density at radius 1 is 1.19 bits per heavy atom. The van der Waals surface area contributed by atoms with Crippen LogP contribution in [0, 0.1) is 0 Å². The molecule has 3 N–H and O–H groups in total. The Labute approximate surface area is 128 Å². The minimum absolute atomic E-state index is 0.329. The summed E-state index contributed by atoms with van der Waals surface area (Å²) in [5.41, 5.74) is 0.581. The highest BCUT2D eigenvalue weighted by molar-refractivity contribution is 7.99. The normalized spacial score (nSPS) is 33.0. The monoisotopic (exact) mass is 314 g/mol. The van der Waals surface area contributed by atoms with Crippen LogP contribution in [0.3, 0.4) is 0 Å². The quantitative estimate of drug-likeness (QED) is 0.720. The maximum atomic E-state index is 10.2. The molecule has 5 atom stereocenters. The minimum atomic E-state index is -1.15. The predicted molar refractivity (Wildman–Crippen MR) is 80.9 cm³/mol. The van der Waals surface area contributed by atoms with Gasteiger partial charge in [-0.2, -0.15) is 0 Å². The van der Waals surface area contributed by atoms with Gasteiger partial charge in [0.25, 0.3) is 0 Å². The van der Waals surface area contributed by atoms with Gasteiger partial charge in [0.2, 0.25) is 0 Å². The summed E-state index contributed by atoms with van der Waals surface area (Å²) in [7, 11) is 0. The first-order valence-electron chi connectivity index (χ1n) is 7.07. The van der Waals surface area contributed by atoms with Crippen LogP contribution >= 0.6 is 11.8 Å². The molecule has 0 aliphatic carbocycles. The summed E-state index contributed by atoms with van der Waals surface area (Å²) in [6, 6.07) is 9.63. The van der Waals surface area contributed by atoms with Crippen LogP contribution in [-0.4, -0.2) is 57.5 Å². The van der Waals surface area contributed by atoms with Crippen molar-refractivity contribution < 1.29 is 24.8 Å². The topological polar surface area (TPSA) is 79.2 Å². The third-order valence-electron chi connectivity index (χ3n) is 3.44. The number of benzene rings is 1. The van der Waals surface area contributed by atoms with Crippen molar-refractivity contribution in [2.75, 3.05) is 12.4 Å². The molecular formula is C15H22O5S. The Kier molecular flexibility index (Phi) is 6.47. The molecular weight excluding hydrogens is 292 g/mol. The van der Waals surface area contributed by atoms with Crippen LogP contribution in [0.1, 0.15) is 12.5 Å². The van der Waals surface area contributed by atoms with E-state index in [1.54, 1.807) is 0 Å². The van der Waals surface area contributed by atoms with E-state index in [2.05, 4.69) is 0 Å². The number of hydrogen-bond donors (Lipinski definition) is 3. The molecule has 118 valence electrons. The summed E-state index contributed by atoms with van der Waals surface area (Å²) in [6.45, 7) is 1.99. The van der Waals surface area contributed by atoms with Gasteiger partial charge < -0.3 is 24.8 Å². The molecule has 1 heterocycles. The summed E-state index contributed by atoms with van der Waals surface area (Å²) in [5, 5.41) is 29.4. The third-order valence-corrected chi connectivity index (χ3v) is 4.48. The Hall–Kier alpha value is -0.630. The van der Waals surface area contributed by atoms with E-state index >= 15 is 0 Å². The van der Waals surface area contributed by atoms with Gasteiger partial charge in [-0.15, -0.1) is 11.8 Å². The van der Waals surface area contributed by atoms with Crippen molar-refractivity contribution in [1.82, 2.24) is 0 Å². The molecule has 0 unspecified atom stereocenters. The lowest BCUT2D eigenvalue weighted by Gasteiger charge is -2.41. The second kappa shape index (κ2) is 8.12. The van der Waals surface area contributed by atoms with Gasteiger partial charge in [0.05, 0.1) is 13.2 Å². The lowest BCUT2D eigenvalue weighted by Crippen LogP contribution is -2.58. The number of aliphatic hydroxyl groups excluding tert-OH is 3. The fraction of sp³-hybridized carbons (Fsp3) is 0.600. The van der Waals surface area contributed by atoms with E-state index in [-0.39, 0.29) is 6.61 Å². The largest absolute Gasteiger partial charge is 0.394 e. The van der Waals surface area contributed by atoms with Crippen molar-refractivity contribution in [3.63, 3.8) is 0 Å². The molecule has 1 saturated heterocycles. The second-order valence-corrected chi connectivity index (χ2v) is 6.30. The summed E-state index contributed by atoms with van der Waals surface area (Å²) in [5.74, 6) is 0.789. The average molecular weight is 314 g/mol. The van der Waals surface area contributed by atoms with Gasteiger partial charge in [-0.3, -0.25) is 0 Å². The number of rotatable bonds is 6. The van der Waals surface area contributed by atoms with Crippen LogP contribution in [0.4, 0.5) is 0 Å². The molecule has 0 saturated carbocycles. The number of aliphatic hydroxyl groups is 3. The Balaban J connectivity index is 2.03. The summed E-state index contributed by atoms with van der Waals surface area (Å²) in [4.78, 5) is 0. The number of hydrogen-bond acceptors (Lipinski definition) is 6. The lowest BCUT2D eigenvalue weighted by atomic mass is 10.00. The van der Waals surface area contributed by atoms with E-state index < -0.39 is 29.9 Å². The van der Waals surface area contributed by atoms with Crippen LogP contribution in [-0.2, 0) is 16.1 Å². The van der Waals surface area contributed by atoms with E-state index in [1.165, 1.54) is 11.8 Å². The van der Waals surface area contributed by atoms with E-state index in [0.717, 1.165) is 11.3 Å². The van der Waals surface area contributed by atoms with Gasteiger partial charge in [0, 0.05) is 0 Å². The number of ether oxygens (including phenoxy) is 2. The smallest absolute Gasteiger partial charge is 0.132 e. The zero-order valence-electron chi connectivity index (χ0n) is 12.0. The molecule has 2 rings (SSSR count). The van der Waals surface area contributed by atoms with Crippen LogP contribution < -0.4 is 0 Å². The summed E-state index contributed by atoms with van der Waals surface area (Å²) < 4.78 is 11.4. The molecule has 0 radical (unpaired) electrons. The molecule has 6 heteroatoms. The van der Waals surface area contributed by atoms with Gasteiger partial charge in [0.15, 0.2) is 0 Å². The molecule has 0 bridgehead atoms. The fourth-order valence-corrected chi connectivity index (χ4v) is 3.28. The molecule has 1 aromatic carbocycles. The highest BCUT2D eigenvalue weighted by Crippen LogP contribution is 2.30. The van der Waals surface area contributed by atoms with Gasteiger partial charge in [0.1, 0.15) is 29.9 Å². The lowest BCUT2D eigenvalue weighted by molar-refractivity contribution is -0.221. The fourth-order valence-electron chi connectivity index (χ4n) is 2.30. The Bertz CT molecular complexity index is 416. The summed E-state index contributed by atoms with van der Waals surface area (Å²) >= 11 is 1.49. The van der Waals surface area contributed by atoms with Gasteiger partial charge in [-0.05, 0) is 11.3 Å². The molecule has 1 aliphatic heterocycles. The molecule has 1 fully saturated rings. The molecule has 0 aromatic heterocycles. The van der Waals surface area contributed by atoms with Crippen LogP contribution in [0.25, 0.3) is 0 Å². The minimum Gasteiger partial charge on any atom is -0.394 e. The number of thioether (sulfide) groups is 1. The maximum absolute atomic E-state index is 10.2. The van der Waals surface area contributed by atoms with Gasteiger partial charge in [-0.1, -0.05) is 37.3 Å². The zero-order valence-corrected chi connectivity index (χ0v) is 12.8. The van der Waals surface area contributed by atoms with Crippen LogP contribution in [0.15, 0.2) is 30.3 Å². The van der Waals surface area contributed by atoms with Gasteiger partial charge in [-0.25, -0.2) is 0 Å². The maximum Gasteiger partial charge on any atom is 0.132 e. The predicted octanol–water partition coefficient (Wildman–Crippen LogP) is 0.764. The van der Waals surface area contributed by atoms with Crippen molar-refractivity contribution in [2.45, 2.75) is 43.4 Å². The molecule has 21 heavy (non-hydrogen) atoms. The van der Waals surface area contributed by atoms with E-state index in [9.17, 15) is 15.3 Å². The first-order valence-corrected chi connectivity index (χ1v) is 8.11. The molecule has 1 aliphatic rings. The zero-order chi connectivity index (χ0) is 15.2. The first kappa shape index (κ1) is 16.7. The Morgan fingerprint density at radius 2 is 1.90 bits per heavy atom. The van der Waals surface area contributed by atoms with Crippen LogP contribution in [0.5, 0.6) is 0 Å². The summed E-state index contributed by atoms with van der Waals surface area (Å²) in [6.07, 6.45) is -3.64. The Morgan fingerprint density at radius 3 is 2.52 bits per heavy atom. The van der Waals surface area contributed by atoms with E-state index in [4.69, 9.17) is 9.47 Å². The standard InChI is InChI=1S/C15H22O5S/c1-2-21-15-14(13(18)12(17)11(8-16)20-15)19-9-10-6-4-3-5-7-10/h3-7,11-18H,2,8-9H2,1H3/t11-,12+,13+,14-,15+/m1/s1. The highest BCUT2D eigenvalue weighted by Gasteiger charge is 2.44. The van der Waals surface area contributed by atoms with Crippen molar-refractivity contribution >= 4 is 11.8 Å². The van der Waals surface area contributed by atoms with Crippen molar-refractivity contribution in [3.05, 3.63) is 35.9 Å². The van der Waals surface area contributed by atoms with Crippen molar-refractivity contribution in [3.8, 4) is 0 Å². The molecule has 0 amide bonds.